The van der Waals surface area contributed by atoms with Gasteiger partial charge in [-0.3, -0.25) is 4.79 Å². The zero-order valence-corrected chi connectivity index (χ0v) is 12.3. The van der Waals surface area contributed by atoms with Crippen molar-refractivity contribution in [3.8, 4) is 0 Å². The molecule has 1 aromatic carbocycles. The number of rotatable bonds is 8. The van der Waals surface area contributed by atoms with Gasteiger partial charge in [-0.1, -0.05) is 18.2 Å². The normalized spacial score (nSPS) is 14.1. The standard InChI is InChI=1S/C16H25N3O/c1-13-5-2-3-6-15(13)19(10-4-9-17)12-16(20)18-11-14-7-8-14/h2-3,5-6,14H,4,7-12,17H2,1H3,(H,18,20). The average molecular weight is 275 g/mol. The molecule has 0 saturated heterocycles. The fourth-order valence-electron chi connectivity index (χ4n) is 2.29. The van der Waals surface area contributed by atoms with Crippen molar-refractivity contribution in [2.45, 2.75) is 26.2 Å². The van der Waals surface area contributed by atoms with Crippen LogP contribution in [0.5, 0.6) is 0 Å². The van der Waals surface area contributed by atoms with Gasteiger partial charge in [0.25, 0.3) is 0 Å². The van der Waals surface area contributed by atoms with Gasteiger partial charge < -0.3 is 16.0 Å². The molecular weight excluding hydrogens is 250 g/mol. The first-order valence-corrected chi connectivity index (χ1v) is 7.48. The molecule has 0 bridgehead atoms. The molecule has 0 aliphatic heterocycles. The number of anilines is 1. The lowest BCUT2D eigenvalue weighted by Crippen LogP contribution is -2.39. The van der Waals surface area contributed by atoms with Gasteiger partial charge in [0.2, 0.25) is 5.91 Å². The Hall–Kier alpha value is -1.55. The molecule has 0 radical (unpaired) electrons. The van der Waals surface area contributed by atoms with E-state index in [0.717, 1.165) is 31.1 Å². The zero-order chi connectivity index (χ0) is 14.4. The number of carbonyl (C=O) groups is 1. The van der Waals surface area contributed by atoms with E-state index in [1.165, 1.54) is 18.4 Å². The maximum Gasteiger partial charge on any atom is 0.239 e. The molecule has 1 aromatic rings. The summed E-state index contributed by atoms with van der Waals surface area (Å²) in [6.07, 6.45) is 3.41. The van der Waals surface area contributed by atoms with E-state index in [1.54, 1.807) is 0 Å². The fraction of sp³-hybridized carbons (Fsp3) is 0.562. The van der Waals surface area contributed by atoms with Gasteiger partial charge in [0, 0.05) is 18.8 Å². The van der Waals surface area contributed by atoms with Crippen molar-refractivity contribution in [3.05, 3.63) is 29.8 Å². The topological polar surface area (TPSA) is 58.4 Å². The third-order valence-corrected chi connectivity index (χ3v) is 3.71. The Morgan fingerprint density at radius 2 is 2.15 bits per heavy atom. The van der Waals surface area contributed by atoms with Crippen molar-refractivity contribution in [3.63, 3.8) is 0 Å². The van der Waals surface area contributed by atoms with Crippen molar-refractivity contribution in [1.82, 2.24) is 5.32 Å². The highest BCUT2D eigenvalue weighted by Crippen LogP contribution is 2.27. The minimum atomic E-state index is 0.108. The summed E-state index contributed by atoms with van der Waals surface area (Å²) in [5.74, 6) is 0.826. The molecule has 2 rings (SSSR count). The smallest absolute Gasteiger partial charge is 0.239 e. The molecule has 3 N–H and O–H groups in total. The van der Waals surface area contributed by atoms with Gasteiger partial charge in [-0.15, -0.1) is 0 Å². The van der Waals surface area contributed by atoms with E-state index >= 15 is 0 Å². The molecule has 0 aromatic heterocycles. The molecular formula is C16H25N3O. The molecule has 0 unspecified atom stereocenters. The Morgan fingerprint density at radius 1 is 1.40 bits per heavy atom. The van der Waals surface area contributed by atoms with Crippen LogP contribution in [0.4, 0.5) is 5.69 Å². The summed E-state index contributed by atoms with van der Waals surface area (Å²) >= 11 is 0. The van der Waals surface area contributed by atoms with Gasteiger partial charge in [-0.2, -0.15) is 0 Å². The number of nitrogens with one attached hydrogen (secondary N) is 1. The highest BCUT2D eigenvalue weighted by Gasteiger charge is 2.22. The monoisotopic (exact) mass is 275 g/mol. The van der Waals surface area contributed by atoms with Crippen molar-refractivity contribution in [2.75, 3.05) is 31.1 Å². The van der Waals surface area contributed by atoms with Crippen molar-refractivity contribution >= 4 is 11.6 Å². The molecule has 1 saturated carbocycles. The summed E-state index contributed by atoms with van der Waals surface area (Å²) in [4.78, 5) is 14.2. The second-order valence-electron chi connectivity index (χ2n) is 5.60. The van der Waals surface area contributed by atoms with Crippen LogP contribution in [0, 0.1) is 12.8 Å². The lowest BCUT2D eigenvalue weighted by Gasteiger charge is -2.25. The molecule has 20 heavy (non-hydrogen) atoms. The van der Waals surface area contributed by atoms with E-state index in [-0.39, 0.29) is 5.91 Å². The second kappa shape index (κ2) is 7.29. The van der Waals surface area contributed by atoms with Gasteiger partial charge >= 0.3 is 0 Å². The summed E-state index contributed by atoms with van der Waals surface area (Å²) in [5.41, 5.74) is 7.92. The highest BCUT2D eigenvalue weighted by atomic mass is 16.2. The first-order valence-electron chi connectivity index (χ1n) is 7.48. The Kier molecular flexibility index (Phi) is 5.41. The number of amides is 1. The molecule has 0 atom stereocenters. The number of hydrogen-bond acceptors (Lipinski definition) is 3. The minimum absolute atomic E-state index is 0.108. The van der Waals surface area contributed by atoms with Crippen molar-refractivity contribution in [2.24, 2.45) is 11.7 Å². The summed E-state index contributed by atoms with van der Waals surface area (Å²) in [5, 5.41) is 3.03. The van der Waals surface area contributed by atoms with Crippen LogP contribution in [0.15, 0.2) is 24.3 Å². The number of carbonyl (C=O) groups excluding carboxylic acids is 1. The maximum atomic E-state index is 12.0. The van der Waals surface area contributed by atoms with Gasteiger partial charge in [-0.25, -0.2) is 0 Å². The predicted molar refractivity (Wildman–Crippen MR) is 82.8 cm³/mol. The molecule has 1 aliphatic rings. The van der Waals surface area contributed by atoms with E-state index in [2.05, 4.69) is 29.3 Å². The lowest BCUT2D eigenvalue weighted by atomic mass is 10.1. The second-order valence-corrected chi connectivity index (χ2v) is 5.60. The van der Waals surface area contributed by atoms with Gasteiger partial charge in [0.15, 0.2) is 0 Å². The SMILES string of the molecule is Cc1ccccc1N(CCCN)CC(=O)NCC1CC1. The fourth-order valence-corrected chi connectivity index (χ4v) is 2.29. The number of nitrogens with two attached hydrogens (primary N) is 1. The first-order chi connectivity index (χ1) is 9.70. The Morgan fingerprint density at radius 3 is 2.80 bits per heavy atom. The van der Waals surface area contributed by atoms with Crippen LogP contribution in [-0.4, -0.2) is 32.1 Å². The molecule has 4 nitrogen and oxygen atoms in total. The van der Waals surface area contributed by atoms with Crippen LogP contribution in [0.1, 0.15) is 24.8 Å². The van der Waals surface area contributed by atoms with Crippen LogP contribution >= 0.6 is 0 Å². The number of para-hydroxylation sites is 1. The Labute approximate surface area is 121 Å². The van der Waals surface area contributed by atoms with Crippen LogP contribution < -0.4 is 16.0 Å². The van der Waals surface area contributed by atoms with E-state index in [4.69, 9.17) is 5.73 Å². The highest BCUT2D eigenvalue weighted by molar-refractivity contribution is 5.81. The van der Waals surface area contributed by atoms with Crippen molar-refractivity contribution in [1.29, 1.82) is 0 Å². The van der Waals surface area contributed by atoms with E-state index < -0.39 is 0 Å². The number of benzene rings is 1. The summed E-state index contributed by atoms with van der Waals surface area (Å²) in [6, 6.07) is 8.18. The first kappa shape index (κ1) is 14.9. The molecule has 0 spiro atoms. The summed E-state index contributed by atoms with van der Waals surface area (Å²) in [6.45, 7) is 4.78. The number of hydrogen-bond donors (Lipinski definition) is 2. The largest absolute Gasteiger partial charge is 0.362 e. The molecule has 4 heteroatoms. The number of nitrogens with zero attached hydrogens (tertiary/aromatic N) is 1. The van der Waals surface area contributed by atoms with Gasteiger partial charge in [0.05, 0.1) is 6.54 Å². The van der Waals surface area contributed by atoms with Crippen molar-refractivity contribution < 1.29 is 4.79 Å². The predicted octanol–water partition coefficient (Wildman–Crippen LogP) is 1.68. The molecule has 1 fully saturated rings. The molecule has 0 heterocycles. The van der Waals surface area contributed by atoms with E-state index in [0.29, 0.717) is 13.1 Å². The third-order valence-electron chi connectivity index (χ3n) is 3.71. The summed E-state index contributed by atoms with van der Waals surface area (Å²) < 4.78 is 0. The van der Waals surface area contributed by atoms with E-state index in [9.17, 15) is 4.79 Å². The molecule has 1 aliphatic carbocycles. The van der Waals surface area contributed by atoms with Gasteiger partial charge in [-0.05, 0) is 50.3 Å². The summed E-state index contributed by atoms with van der Waals surface area (Å²) in [7, 11) is 0. The van der Waals surface area contributed by atoms with E-state index in [1.807, 2.05) is 12.1 Å². The van der Waals surface area contributed by atoms with Gasteiger partial charge in [0.1, 0.15) is 0 Å². The zero-order valence-electron chi connectivity index (χ0n) is 12.3. The molecule has 1 amide bonds. The third kappa shape index (κ3) is 4.53. The minimum Gasteiger partial charge on any atom is -0.362 e. The number of aryl methyl sites for hydroxylation is 1. The van der Waals surface area contributed by atoms with Crippen LogP contribution in [0.3, 0.4) is 0 Å². The maximum absolute atomic E-state index is 12.0. The average Bonchev–Trinajstić information content (AvgIpc) is 3.26. The quantitative estimate of drug-likeness (QED) is 0.759. The van der Waals surface area contributed by atoms with Crippen LogP contribution in [0.25, 0.3) is 0 Å². The Bertz CT molecular complexity index is 443. The van der Waals surface area contributed by atoms with Crippen LogP contribution in [0.2, 0.25) is 0 Å². The Balaban J connectivity index is 1.95. The molecule has 110 valence electrons. The lowest BCUT2D eigenvalue weighted by molar-refractivity contribution is -0.119. The van der Waals surface area contributed by atoms with Crippen LogP contribution in [-0.2, 0) is 4.79 Å².